The summed E-state index contributed by atoms with van der Waals surface area (Å²) < 4.78 is 0. The molecule has 4 rings (SSSR count). The highest BCUT2D eigenvalue weighted by molar-refractivity contribution is 5.38. The third kappa shape index (κ3) is 2.24. The molecule has 0 spiro atoms. The predicted molar refractivity (Wildman–Crippen MR) is 80.7 cm³/mol. The summed E-state index contributed by atoms with van der Waals surface area (Å²) in [6.45, 7) is 1.18. The number of hydrogen-bond acceptors (Lipinski definition) is 2. The average molecular weight is 271 g/mol. The van der Waals surface area contributed by atoms with Gasteiger partial charge in [0, 0.05) is 6.04 Å². The van der Waals surface area contributed by atoms with Gasteiger partial charge < -0.3 is 10.4 Å². The van der Waals surface area contributed by atoms with E-state index in [2.05, 4.69) is 11.4 Å². The highest BCUT2D eigenvalue weighted by Crippen LogP contribution is 2.48. The van der Waals surface area contributed by atoms with Gasteiger partial charge in [0.25, 0.3) is 0 Å². The lowest BCUT2D eigenvalue weighted by molar-refractivity contribution is 0.299. The highest BCUT2D eigenvalue weighted by Gasteiger charge is 2.39. The molecule has 2 heteroatoms. The lowest BCUT2D eigenvalue weighted by atomic mass is 9.85. The fourth-order valence-corrected chi connectivity index (χ4v) is 4.92. The van der Waals surface area contributed by atoms with Crippen LogP contribution in [0.1, 0.15) is 55.7 Å². The molecule has 20 heavy (non-hydrogen) atoms. The number of nitrogens with one attached hydrogen (secondary N) is 1. The third-order valence-corrected chi connectivity index (χ3v) is 5.95. The zero-order valence-corrected chi connectivity index (χ0v) is 12.1. The fourth-order valence-electron chi connectivity index (χ4n) is 4.92. The van der Waals surface area contributed by atoms with Gasteiger partial charge in [-0.2, -0.15) is 0 Å². The lowest BCUT2D eigenvalue weighted by Gasteiger charge is -2.30. The van der Waals surface area contributed by atoms with E-state index < -0.39 is 0 Å². The number of rotatable bonds is 3. The normalized spacial score (nSPS) is 35.2. The Kier molecular flexibility index (Phi) is 3.22. The average Bonchev–Trinajstić information content (AvgIpc) is 3.07. The molecule has 0 radical (unpaired) electrons. The Morgan fingerprint density at radius 1 is 1.15 bits per heavy atom. The summed E-state index contributed by atoms with van der Waals surface area (Å²) in [7, 11) is 0. The first-order valence-corrected chi connectivity index (χ1v) is 8.35. The molecule has 108 valence electrons. The van der Waals surface area contributed by atoms with Crippen molar-refractivity contribution in [3.8, 4) is 5.75 Å². The van der Waals surface area contributed by atoms with Gasteiger partial charge in [-0.3, -0.25) is 0 Å². The Bertz CT molecular complexity index is 498. The van der Waals surface area contributed by atoms with E-state index in [0.29, 0.717) is 11.8 Å². The summed E-state index contributed by atoms with van der Waals surface area (Å²) in [5, 5.41) is 13.6. The first-order valence-electron chi connectivity index (χ1n) is 8.35. The number of aromatic hydroxyl groups is 1. The van der Waals surface area contributed by atoms with Crippen LogP contribution in [0, 0.1) is 17.8 Å². The summed E-state index contributed by atoms with van der Waals surface area (Å²) in [6, 6.07) is 6.38. The molecule has 3 aliphatic carbocycles. The van der Waals surface area contributed by atoms with E-state index in [1.807, 2.05) is 12.1 Å². The molecule has 3 aliphatic rings. The maximum Gasteiger partial charge on any atom is 0.115 e. The van der Waals surface area contributed by atoms with Gasteiger partial charge in [-0.25, -0.2) is 0 Å². The molecule has 1 aromatic carbocycles. The van der Waals surface area contributed by atoms with E-state index in [-0.39, 0.29) is 0 Å². The smallest absolute Gasteiger partial charge is 0.115 e. The van der Waals surface area contributed by atoms with Crippen LogP contribution < -0.4 is 5.32 Å². The van der Waals surface area contributed by atoms with Gasteiger partial charge in [0.15, 0.2) is 0 Å². The standard InChI is InChI=1S/C18H25NO/c20-16-7-6-13-2-1-3-18(17(13)10-16)19-11-15-9-12-4-5-14(15)8-12/h6-7,10,12,14-15,18-20H,1-5,8-9,11H2. The van der Waals surface area contributed by atoms with Crippen molar-refractivity contribution in [1.29, 1.82) is 0 Å². The van der Waals surface area contributed by atoms with Gasteiger partial charge in [-0.15, -0.1) is 0 Å². The first kappa shape index (κ1) is 12.7. The van der Waals surface area contributed by atoms with E-state index in [9.17, 15) is 5.11 Å². The van der Waals surface area contributed by atoms with Crippen molar-refractivity contribution in [3.63, 3.8) is 0 Å². The summed E-state index contributed by atoms with van der Waals surface area (Å²) in [4.78, 5) is 0. The highest BCUT2D eigenvalue weighted by atomic mass is 16.3. The Labute approximate surface area is 121 Å². The minimum Gasteiger partial charge on any atom is -0.508 e. The summed E-state index contributed by atoms with van der Waals surface area (Å²) in [5.74, 6) is 3.36. The van der Waals surface area contributed by atoms with Crippen LogP contribution in [0.5, 0.6) is 5.75 Å². The van der Waals surface area contributed by atoms with E-state index in [0.717, 1.165) is 17.8 Å². The van der Waals surface area contributed by atoms with Gasteiger partial charge in [-0.1, -0.05) is 12.5 Å². The van der Waals surface area contributed by atoms with Crippen LogP contribution >= 0.6 is 0 Å². The van der Waals surface area contributed by atoms with Gasteiger partial charge in [0.05, 0.1) is 0 Å². The van der Waals surface area contributed by atoms with Crippen molar-refractivity contribution in [3.05, 3.63) is 29.3 Å². The molecule has 2 fully saturated rings. The number of phenolic OH excluding ortho intramolecular Hbond substituents is 1. The third-order valence-electron chi connectivity index (χ3n) is 5.95. The molecule has 2 bridgehead atoms. The Hall–Kier alpha value is -1.02. The second-order valence-electron chi connectivity index (χ2n) is 7.17. The molecule has 2 nitrogen and oxygen atoms in total. The van der Waals surface area contributed by atoms with Crippen molar-refractivity contribution >= 4 is 0 Å². The molecule has 2 saturated carbocycles. The van der Waals surface area contributed by atoms with Crippen LogP contribution in [0.25, 0.3) is 0 Å². The van der Waals surface area contributed by atoms with Crippen LogP contribution in [0.2, 0.25) is 0 Å². The van der Waals surface area contributed by atoms with Crippen LogP contribution in [0.15, 0.2) is 18.2 Å². The lowest BCUT2D eigenvalue weighted by Crippen LogP contribution is -2.31. The van der Waals surface area contributed by atoms with Crippen LogP contribution in [0.3, 0.4) is 0 Å². The maximum absolute atomic E-state index is 9.74. The number of hydrogen-bond donors (Lipinski definition) is 2. The predicted octanol–water partition coefficient (Wildman–Crippen LogP) is 3.80. The van der Waals surface area contributed by atoms with E-state index >= 15 is 0 Å². The number of benzene rings is 1. The largest absolute Gasteiger partial charge is 0.508 e. The molecule has 0 saturated heterocycles. The quantitative estimate of drug-likeness (QED) is 0.876. The summed E-state index contributed by atoms with van der Waals surface area (Å²) in [5.41, 5.74) is 2.78. The minimum absolute atomic E-state index is 0.414. The molecule has 4 atom stereocenters. The SMILES string of the molecule is Oc1ccc2c(c1)C(NCC1CC3CCC1C3)CCC2. The molecule has 2 N–H and O–H groups in total. The Morgan fingerprint density at radius 2 is 2.10 bits per heavy atom. The molecule has 0 amide bonds. The summed E-state index contributed by atoms with van der Waals surface area (Å²) >= 11 is 0. The Balaban J connectivity index is 1.44. The van der Waals surface area contributed by atoms with Crippen molar-refractivity contribution in [2.75, 3.05) is 6.54 Å². The van der Waals surface area contributed by atoms with Crippen LogP contribution in [0.4, 0.5) is 0 Å². The molecule has 1 aromatic rings. The maximum atomic E-state index is 9.74. The monoisotopic (exact) mass is 271 g/mol. The van der Waals surface area contributed by atoms with Crippen LogP contribution in [-0.4, -0.2) is 11.7 Å². The number of phenols is 1. The van der Waals surface area contributed by atoms with Crippen molar-refractivity contribution in [2.45, 2.75) is 51.0 Å². The topological polar surface area (TPSA) is 32.3 Å². The molecule has 4 unspecified atom stereocenters. The Morgan fingerprint density at radius 3 is 2.90 bits per heavy atom. The van der Waals surface area contributed by atoms with E-state index in [4.69, 9.17) is 0 Å². The second kappa shape index (κ2) is 5.07. The minimum atomic E-state index is 0.414. The van der Waals surface area contributed by atoms with E-state index in [1.165, 1.54) is 62.6 Å². The van der Waals surface area contributed by atoms with Crippen LogP contribution in [-0.2, 0) is 6.42 Å². The summed E-state index contributed by atoms with van der Waals surface area (Å²) in [6.07, 6.45) is 9.57. The van der Waals surface area contributed by atoms with E-state index in [1.54, 1.807) is 0 Å². The van der Waals surface area contributed by atoms with Crippen molar-refractivity contribution < 1.29 is 5.11 Å². The number of aryl methyl sites for hydroxylation is 1. The zero-order chi connectivity index (χ0) is 13.5. The molecular weight excluding hydrogens is 246 g/mol. The van der Waals surface area contributed by atoms with Gasteiger partial charge in [-0.05, 0) is 86.1 Å². The van der Waals surface area contributed by atoms with Crippen molar-refractivity contribution in [2.24, 2.45) is 17.8 Å². The van der Waals surface area contributed by atoms with Gasteiger partial charge in [0.2, 0.25) is 0 Å². The fraction of sp³-hybridized carbons (Fsp3) is 0.667. The molecule has 0 aliphatic heterocycles. The second-order valence-corrected chi connectivity index (χ2v) is 7.17. The number of fused-ring (bicyclic) bond motifs is 3. The first-order chi connectivity index (χ1) is 9.79. The van der Waals surface area contributed by atoms with Crippen molar-refractivity contribution in [1.82, 2.24) is 5.32 Å². The molecular formula is C18H25NO. The van der Waals surface area contributed by atoms with Gasteiger partial charge >= 0.3 is 0 Å². The molecule has 0 aromatic heterocycles. The zero-order valence-electron chi connectivity index (χ0n) is 12.1. The molecule has 0 heterocycles. The van der Waals surface area contributed by atoms with Gasteiger partial charge in [0.1, 0.15) is 5.75 Å².